The van der Waals surface area contributed by atoms with Crippen LogP contribution in [0.15, 0.2) is 54.6 Å². The highest BCUT2D eigenvalue weighted by atomic mass is 79.9. The molecule has 0 spiro atoms. The predicted molar refractivity (Wildman–Crippen MR) is 106 cm³/mol. The van der Waals surface area contributed by atoms with E-state index in [0.717, 1.165) is 4.48 Å². The van der Waals surface area contributed by atoms with Crippen LogP contribution < -0.4 is 17.0 Å². The summed E-state index contributed by atoms with van der Waals surface area (Å²) in [6.45, 7) is 1.24. The van der Waals surface area contributed by atoms with Gasteiger partial charge in [-0.1, -0.05) is 54.6 Å². The predicted octanol–water partition coefficient (Wildman–Crippen LogP) is 2.62. The van der Waals surface area contributed by atoms with Gasteiger partial charge in [-0.05, 0) is 57.1 Å². The minimum Gasteiger partial charge on any atom is -1.00 e. The summed E-state index contributed by atoms with van der Waals surface area (Å²) in [6.07, 6.45) is 3.72. The van der Waals surface area contributed by atoms with Gasteiger partial charge in [0.2, 0.25) is 0 Å². The first-order chi connectivity index (χ1) is 11.5. The molecule has 2 heteroatoms. The van der Waals surface area contributed by atoms with Gasteiger partial charge in [-0.3, -0.25) is 0 Å². The van der Waals surface area contributed by atoms with Gasteiger partial charge in [-0.25, -0.2) is 0 Å². The second-order valence-corrected chi connectivity index (χ2v) is 8.05. The number of quaternary nitrogens is 1. The molecule has 0 aliphatic rings. The fourth-order valence-corrected chi connectivity index (χ4v) is 3.92. The van der Waals surface area contributed by atoms with Gasteiger partial charge in [0, 0.05) is 0 Å². The van der Waals surface area contributed by atoms with Crippen LogP contribution in [0.2, 0.25) is 0 Å². The molecule has 0 bridgehead atoms. The maximum absolute atomic E-state index is 2.34. The number of benzene rings is 4. The molecule has 0 atom stereocenters. The highest BCUT2D eigenvalue weighted by Crippen LogP contribution is 2.36. The molecule has 4 rings (SSSR count). The number of aryl methyl sites for hydroxylation is 1. The lowest BCUT2D eigenvalue weighted by molar-refractivity contribution is -0.870. The summed E-state index contributed by atoms with van der Waals surface area (Å²) >= 11 is 0. The first-order valence-corrected chi connectivity index (χ1v) is 8.99. The number of unbranched alkanes of at least 4 members (excludes halogenated alkanes) is 1. The molecule has 25 heavy (non-hydrogen) atoms. The molecule has 0 saturated heterocycles. The quantitative estimate of drug-likeness (QED) is 0.276. The Bertz CT molecular complexity index is 982. The van der Waals surface area contributed by atoms with Crippen molar-refractivity contribution in [2.24, 2.45) is 0 Å². The van der Waals surface area contributed by atoms with Crippen LogP contribution in [0.25, 0.3) is 32.3 Å². The lowest BCUT2D eigenvalue weighted by Gasteiger charge is -2.23. The van der Waals surface area contributed by atoms with E-state index >= 15 is 0 Å². The molecule has 4 aromatic carbocycles. The van der Waals surface area contributed by atoms with E-state index in [2.05, 4.69) is 75.7 Å². The molecule has 4 aromatic rings. The van der Waals surface area contributed by atoms with Crippen molar-refractivity contribution in [1.82, 2.24) is 0 Å². The van der Waals surface area contributed by atoms with Crippen molar-refractivity contribution in [3.63, 3.8) is 0 Å². The van der Waals surface area contributed by atoms with Gasteiger partial charge in [0.15, 0.2) is 0 Å². The highest BCUT2D eigenvalue weighted by molar-refractivity contribution is 6.23. The van der Waals surface area contributed by atoms with E-state index in [1.807, 2.05) is 0 Å². The molecule has 130 valence electrons. The van der Waals surface area contributed by atoms with Crippen molar-refractivity contribution in [2.45, 2.75) is 19.3 Å². The van der Waals surface area contributed by atoms with Crippen LogP contribution in [0.4, 0.5) is 0 Å². The molecule has 0 fully saturated rings. The number of halogens is 1. The van der Waals surface area contributed by atoms with Crippen LogP contribution in [0.3, 0.4) is 0 Å². The zero-order valence-electron chi connectivity index (χ0n) is 15.3. The van der Waals surface area contributed by atoms with Crippen molar-refractivity contribution < 1.29 is 21.5 Å². The number of rotatable bonds is 5. The van der Waals surface area contributed by atoms with Crippen LogP contribution in [0.1, 0.15) is 18.4 Å². The van der Waals surface area contributed by atoms with Crippen molar-refractivity contribution >= 4 is 32.3 Å². The van der Waals surface area contributed by atoms with E-state index in [9.17, 15) is 0 Å². The largest absolute Gasteiger partial charge is 1.00 e. The minimum atomic E-state index is 0. The summed E-state index contributed by atoms with van der Waals surface area (Å²) in [4.78, 5) is 0. The van der Waals surface area contributed by atoms with E-state index in [0.29, 0.717) is 0 Å². The van der Waals surface area contributed by atoms with Crippen LogP contribution >= 0.6 is 0 Å². The van der Waals surface area contributed by atoms with Crippen molar-refractivity contribution in [2.75, 3.05) is 27.7 Å². The number of hydrogen-bond donors (Lipinski definition) is 0. The van der Waals surface area contributed by atoms with Crippen LogP contribution in [-0.4, -0.2) is 32.2 Å². The monoisotopic (exact) mass is 395 g/mol. The second kappa shape index (κ2) is 6.93. The molecule has 0 N–H and O–H groups in total. The summed E-state index contributed by atoms with van der Waals surface area (Å²) < 4.78 is 1.05. The molecule has 0 aliphatic heterocycles. The van der Waals surface area contributed by atoms with Crippen molar-refractivity contribution in [3.8, 4) is 0 Å². The maximum atomic E-state index is 2.34. The molecule has 1 nitrogen and oxygen atoms in total. The van der Waals surface area contributed by atoms with E-state index in [4.69, 9.17) is 0 Å². The van der Waals surface area contributed by atoms with Crippen molar-refractivity contribution in [3.05, 3.63) is 60.2 Å². The van der Waals surface area contributed by atoms with Gasteiger partial charge in [0.05, 0.1) is 27.7 Å². The molecule has 0 heterocycles. The SMILES string of the molecule is C[N+](C)(C)CCCCc1ccc2ccc3cccc4ccc1c2c34.[Br-]. The first kappa shape index (κ1) is 18.2. The van der Waals surface area contributed by atoms with E-state index in [1.165, 1.54) is 63.7 Å². The molecular formula is C23H26BrN. The van der Waals surface area contributed by atoms with Crippen LogP contribution in [0.5, 0.6) is 0 Å². The smallest absolute Gasteiger partial charge is 0.0780 e. The molecule has 0 amide bonds. The van der Waals surface area contributed by atoms with E-state index in [1.54, 1.807) is 0 Å². The average molecular weight is 396 g/mol. The van der Waals surface area contributed by atoms with Crippen molar-refractivity contribution in [1.29, 1.82) is 0 Å². The maximum Gasteiger partial charge on any atom is 0.0780 e. The van der Waals surface area contributed by atoms with Gasteiger partial charge >= 0.3 is 0 Å². The topological polar surface area (TPSA) is 0 Å². The minimum absolute atomic E-state index is 0. The second-order valence-electron chi connectivity index (χ2n) is 8.05. The summed E-state index contributed by atoms with van der Waals surface area (Å²) in [5.74, 6) is 0. The van der Waals surface area contributed by atoms with Gasteiger partial charge in [-0.2, -0.15) is 0 Å². The Balaban J connectivity index is 0.00000182. The van der Waals surface area contributed by atoms with Gasteiger partial charge in [0.1, 0.15) is 0 Å². The molecule has 0 aromatic heterocycles. The average Bonchev–Trinajstić information content (AvgIpc) is 2.56. The summed E-state index contributed by atoms with van der Waals surface area (Å²) in [5.41, 5.74) is 1.50. The molecule has 0 aliphatic carbocycles. The fraction of sp³-hybridized carbons (Fsp3) is 0.304. The highest BCUT2D eigenvalue weighted by Gasteiger charge is 2.11. The lowest BCUT2D eigenvalue weighted by Crippen LogP contribution is -3.00. The Morgan fingerprint density at radius 1 is 0.680 bits per heavy atom. The fourth-order valence-electron chi connectivity index (χ4n) is 3.92. The summed E-state index contributed by atoms with van der Waals surface area (Å²) in [7, 11) is 6.82. The molecule has 0 saturated carbocycles. The summed E-state index contributed by atoms with van der Waals surface area (Å²) in [5, 5.41) is 8.41. The standard InChI is InChI=1S/C23H26N.BrH/c1-24(2,3)16-5-4-7-17-10-11-20-13-12-18-8-6-9-19-14-15-21(17)23(20)22(18)19;/h6,8-15H,4-5,7,16H2,1-3H3;1H/q+1;/p-1. The zero-order valence-corrected chi connectivity index (χ0v) is 16.9. The summed E-state index contributed by atoms with van der Waals surface area (Å²) in [6, 6.07) is 20.4. The lowest BCUT2D eigenvalue weighted by atomic mass is 9.90. The third-order valence-corrected chi connectivity index (χ3v) is 5.14. The molecular weight excluding hydrogens is 370 g/mol. The molecule has 0 unspecified atom stereocenters. The van der Waals surface area contributed by atoms with Gasteiger partial charge in [-0.15, -0.1) is 0 Å². The van der Waals surface area contributed by atoms with Gasteiger partial charge in [0.25, 0.3) is 0 Å². The number of nitrogens with zero attached hydrogens (tertiary/aromatic N) is 1. The normalized spacial score (nSPS) is 12.1. The van der Waals surface area contributed by atoms with E-state index in [-0.39, 0.29) is 17.0 Å². The Kier molecular flexibility index (Phi) is 5.04. The first-order valence-electron chi connectivity index (χ1n) is 8.99. The molecule has 0 radical (unpaired) electrons. The Hall–Kier alpha value is -1.64. The van der Waals surface area contributed by atoms with Gasteiger partial charge < -0.3 is 21.5 Å². The Morgan fingerprint density at radius 3 is 1.96 bits per heavy atom. The zero-order chi connectivity index (χ0) is 16.7. The number of hydrogen-bond acceptors (Lipinski definition) is 0. The van der Waals surface area contributed by atoms with Crippen LogP contribution in [-0.2, 0) is 6.42 Å². The third-order valence-electron chi connectivity index (χ3n) is 5.14. The Labute approximate surface area is 160 Å². The van der Waals surface area contributed by atoms with E-state index < -0.39 is 0 Å². The van der Waals surface area contributed by atoms with Crippen LogP contribution in [0, 0.1) is 0 Å². The Morgan fingerprint density at radius 2 is 1.28 bits per heavy atom. The third kappa shape index (κ3) is 3.51.